The molecule has 0 aliphatic carbocycles. The zero-order valence-electron chi connectivity index (χ0n) is 10.1. The monoisotopic (exact) mass is 235 g/mol. The standard InChI is InChI=1S/C16H13NO/c1-12-7-9-15-14(11-12)17-16(18-15)10-8-13-5-3-2-4-6-13/h2-11H,1H3/b10-8+. The third-order valence-corrected chi connectivity index (χ3v) is 2.78. The van der Waals surface area contributed by atoms with Gasteiger partial charge in [-0.3, -0.25) is 0 Å². The minimum absolute atomic E-state index is 0.638. The number of oxazole rings is 1. The van der Waals surface area contributed by atoms with Crippen LogP contribution in [-0.4, -0.2) is 4.98 Å². The third kappa shape index (κ3) is 2.18. The van der Waals surface area contributed by atoms with Gasteiger partial charge in [-0.2, -0.15) is 0 Å². The molecule has 1 heterocycles. The molecule has 3 aromatic rings. The van der Waals surface area contributed by atoms with Gasteiger partial charge in [0.15, 0.2) is 5.58 Å². The highest BCUT2D eigenvalue weighted by Gasteiger charge is 2.02. The van der Waals surface area contributed by atoms with Crippen LogP contribution in [0, 0.1) is 6.92 Å². The van der Waals surface area contributed by atoms with Crippen LogP contribution in [-0.2, 0) is 0 Å². The molecular formula is C16H13NO. The highest BCUT2D eigenvalue weighted by atomic mass is 16.3. The maximum atomic E-state index is 5.65. The summed E-state index contributed by atoms with van der Waals surface area (Å²) in [5.74, 6) is 0.638. The van der Waals surface area contributed by atoms with Gasteiger partial charge in [-0.1, -0.05) is 36.4 Å². The Hall–Kier alpha value is -2.35. The number of fused-ring (bicyclic) bond motifs is 1. The van der Waals surface area contributed by atoms with Gasteiger partial charge in [-0.25, -0.2) is 4.98 Å². The molecule has 2 aromatic carbocycles. The van der Waals surface area contributed by atoms with Crippen LogP contribution in [0.4, 0.5) is 0 Å². The quantitative estimate of drug-likeness (QED) is 0.661. The fraction of sp³-hybridized carbons (Fsp3) is 0.0625. The zero-order valence-corrected chi connectivity index (χ0v) is 10.1. The zero-order chi connectivity index (χ0) is 12.4. The second kappa shape index (κ2) is 4.49. The fourth-order valence-electron chi connectivity index (χ4n) is 1.86. The first-order chi connectivity index (χ1) is 8.81. The van der Waals surface area contributed by atoms with E-state index in [2.05, 4.69) is 4.98 Å². The lowest BCUT2D eigenvalue weighted by atomic mass is 10.2. The number of hydrogen-bond donors (Lipinski definition) is 0. The van der Waals surface area contributed by atoms with Crippen molar-refractivity contribution in [3.05, 3.63) is 65.5 Å². The number of nitrogens with zero attached hydrogens (tertiary/aromatic N) is 1. The number of hydrogen-bond acceptors (Lipinski definition) is 2. The summed E-state index contributed by atoms with van der Waals surface area (Å²) in [6.45, 7) is 2.05. The Bertz CT molecular complexity index is 695. The SMILES string of the molecule is Cc1ccc2oc(/C=C/c3ccccc3)nc2c1. The molecule has 0 amide bonds. The smallest absolute Gasteiger partial charge is 0.220 e. The normalized spacial score (nSPS) is 11.4. The molecule has 0 fully saturated rings. The van der Waals surface area contributed by atoms with Gasteiger partial charge in [0.25, 0.3) is 0 Å². The summed E-state index contributed by atoms with van der Waals surface area (Å²) >= 11 is 0. The van der Waals surface area contributed by atoms with E-state index in [0.29, 0.717) is 5.89 Å². The molecule has 0 unspecified atom stereocenters. The van der Waals surface area contributed by atoms with Crippen LogP contribution in [0.15, 0.2) is 52.9 Å². The van der Waals surface area contributed by atoms with Crippen molar-refractivity contribution in [3.8, 4) is 0 Å². The van der Waals surface area contributed by atoms with Gasteiger partial charge in [0, 0.05) is 6.08 Å². The summed E-state index contributed by atoms with van der Waals surface area (Å²) in [5.41, 5.74) is 4.06. The molecule has 0 aliphatic rings. The molecular weight excluding hydrogens is 222 g/mol. The maximum absolute atomic E-state index is 5.65. The molecule has 88 valence electrons. The summed E-state index contributed by atoms with van der Waals surface area (Å²) in [7, 11) is 0. The molecule has 0 saturated heterocycles. The van der Waals surface area contributed by atoms with E-state index in [1.807, 2.05) is 67.6 Å². The van der Waals surface area contributed by atoms with Gasteiger partial charge in [-0.15, -0.1) is 0 Å². The molecule has 2 nitrogen and oxygen atoms in total. The first-order valence-corrected chi connectivity index (χ1v) is 5.91. The molecule has 3 rings (SSSR count). The van der Waals surface area contributed by atoms with Crippen LogP contribution in [0.2, 0.25) is 0 Å². The molecule has 0 saturated carbocycles. The number of rotatable bonds is 2. The van der Waals surface area contributed by atoms with Crippen LogP contribution < -0.4 is 0 Å². The van der Waals surface area contributed by atoms with Crippen molar-refractivity contribution in [1.29, 1.82) is 0 Å². The van der Waals surface area contributed by atoms with Gasteiger partial charge in [0.1, 0.15) is 5.52 Å². The first-order valence-electron chi connectivity index (χ1n) is 5.91. The Morgan fingerprint density at radius 2 is 1.83 bits per heavy atom. The Balaban J connectivity index is 1.93. The lowest BCUT2D eigenvalue weighted by Gasteiger charge is -1.89. The van der Waals surface area contributed by atoms with Gasteiger partial charge >= 0.3 is 0 Å². The number of aromatic nitrogens is 1. The minimum atomic E-state index is 0.638. The van der Waals surface area contributed by atoms with E-state index >= 15 is 0 Å². The number of aryl methyl sites for hydroxylation is 1. The van der Waals surface area contributed by atoms with Crippen LogP contribution >= 0.6 is 0 Å². The van der Waals surface area contributed by atoms with E-state index in [9.17, 15) is 0 Å². The van der Waals surface area contributed by atoms with E-state index < -0.39 is 0 Å². The van der Waals surface area contributed by atoms with E-state index in [0.717, 1.165) is 16.7 Å². The lowest BCUT2D eigenvalue weighted by molar-refractivity contribution is 0.589. The average molecular weight is 235 g/mol. The van der Waals surface area contributed by atoms with Gasteiger partial charge in [0.2, 0.25) is 5.89 Å². The van der Waals surface area contributed by atoms with Crippen molar-refractivity contribution in [2.75, 3.05) is 0 Å². The maximum Gasteiger partial charge on any atom is 0.220 e. The summed E-state index contributed by atoms with van der Waals surface area (Å²) < 4.78 is 5.65. The predicted octanol–water partition coefficient (Wildman–Crippen LogP) is 4.31. The van der Waals surface area contributed by atoms with Gasteiger partial charge in [0.05, 0.1) is 0 Å². The molecule has 1 aromatic heterocycles. The van der Waals surface area contributed by atoms with E-state index in [4.69, 9.17) is 4.42 Å². The van der Waals surface area contributed by atoms with Crippen LogP contribution in [0.3, 0.4) is 0 Å². The average Bonchev–Trinajstić information content (AvgIpc) is 2.79. The van der Waals surface area contributed by atoms with Crippen molar-refractivity contribution < 1.29 is 4.42 Å². The topological polar surface area (TPSA) is 26.0 Å². The second-order valence-electron chi connectivity index (χ2n) is 4.27. The molecule has 0 bridgehead atoms. The van der Waals surface area contributed by atoms with Gasteiger partial charge < -0.3 is 4.42 Å². The summed E-state index contributed by atoms with van der Waals surface area (Å²) in [6.07, 6.45) is 3.89. The highest BCUT2D eigenvalue weighted by Crippen LogP contribution is 2.18. The van der Waals surface area contributed by atoms with Crippen molar-refractivity contribution in [2.24, 2.45) is 0 Å². The summed E-state index contributed by atoms with van der Waals surface area (Å²) in [4.78, 5) is 4.44. The summed E-state index contributed by atoms with van der Waals surface area (Å²) in [5, 5.41) is 0. The Kier molecular flexibility index (Phi) is 2.69. The minimum Gasteiger partial charge on any atom is -0.437 e. The number of benzene rings is 2. The van der Waals surface area contributed by atoms with Crippen molar-refractivity contribution in [2.45, 2.75) is 6.92 Å². The Labute approximate surface area is 106 Å². The molecule has 0 atom stereocenters. The molecule has 0 aliphatic heterocycles. The molecule has 0 radical (unpaired) electrons. The Morgan fingerprint density at radius 1 is 1.00 bits per heavy atom. The molecule has 0 N–H and O–H groups in total. The van der Waals surface area contributed by atoms with Crippen LogP contribution in [0.5, 0.6) is 0 Å². The van der Waals surface area contributed by atoms with Crippen molar-refractivity contribution >= 4 is 23.3 Å². The fourth-order valence-corrected chi connectivity index (χ4v) is 1.86. The van der Waals surface area contributed by atoms with E-state index in [1.54, 1.807) is 0 Å². The highest BCUT2D eigenvalue weighted by molar-refractivity contribution is 5.76. The third-order valence-electron chi connectivity index (χ3n) is 2.78. The largest absolute Gasteiger partial charge is 0.437 e. The molecule has 2 heteroatoms. The van der Waals surface area contributed by atoms with E-state index in [-0.39, 0.29) is 0 Å². The van der Waals surface area contributed by atoms with Crippen molar-refractivity contribution in [1.82, 2.24) is 4.98 Å². The molecule has 18 heavy (non-hydrogen) atoms. The predicted molar refractivity (Wildman–Crippen MR) is 74.1 cm³/mol. The first kappa shape index (κ1) is 10.8. The van der Waals surface area contributed by atoms with Crippen LogP contribution in [0.25, 0.3) is 23.3 Å². The van der Waals surface area contributed by atoms with Crippen LogP contribution in [0.1, 0.15) is 17.0 Å². The van der Waals surface area contributed by atoms with Gasteiger partial charge in [-0.05, 0) is 36.3 Å². The van der Waals surface area contributed by atoms with E-state index in [1.165, 1.54) is 5.56 Å². The van der Waals surface area contributed by atoms with Crippen molar-refractivity contribution in [3.63, 3.8) is 0 Å². The second-order valence-corrected chi connectivity index (χ2v) is 4.27. The Morgan fingerprint density at radius 3 is 2.67 bits per heavy atom. The lowest BCUT2D eigenvalue weighted by Crippen LogP contribution is -1.72. The molecule has 0 spiro atoms. The summed E-state index contributed by atoms with van der Waals surface area (Å²) in [6, 6.07) is 16.1.